The Bertz CT molecular complexity index is 433. The number of carbonyl (C=O) groups excluding carboxylic acids is 2. The van der Waals surface area contributed by atoms with Crippen molar-refractivity contribution in [2.45, 2.75) is 6.92 Å². The summed E-state index contributed by atoms with van der Waals surface area (Å²) in [5, 5.41) is 2.61. The van der Waals surface area contributed by atoms with Gasteiger partial charge in [0.25, 0.3) is 5.91 Å². The van der Waals surface area contributed by atoms with Gasteiger partial charge in [0.2, 0.25) is 5.75 Å². The second kappa shape index (κ2) is 7.25. The first-order chi connectivity index (χ1) is 9.15. The summed E-state index contributed by atoms with van der Waals surface area (Å²) in [5.41, 5.74) is 0.402. The van der Waals surface area contributed by atoms with Crippen molar-refractivity contribution < 1.29 is 23.8 Å². The normalized spacial score (nSPS) is 9.63. The van der Waals surface area contributed by atoms with E-state index < -0.39 is 0 Å². The molecular weight excluding hydrogens is 250 g/mol. The van der Waals surface area contributed by atoms with Gasteiger partial charge >= 0.3 is 0 Å². The van der Waals surface area contributed by atoms with Gasteiger partial charge in [-0.2, -0.15) is 0 Å². The van der Waals surface area contributed by atoms with Crippen LogP contribution in [0.15, 0.2) is 12.1 Å². The van der Waals surface area contributed by atoms with Crippen LogP contribution < -0.4 is 19.5 Å². The molecule has 104 valence electrons. The van der Waals surface area contributed by atoms with Crippen LogP contribution in [0.3, 0.4) is 0 Å². The first kappa shape index (κ1) is 14.8. The Morgan fingerprint density at radius 1 is 1.26 bits per heavy atom. The lowest BCUT2D eigenvalue weighted by Gasteiger charge is -2.14. The predicted octanol–water partition coefficient (Wildman–Crippen LogP) is 1.03. The molecule has 0 saturated carbocycles. The monoisotopic (exact) mass is 267 g/mol. The fraction of sp³-hybridized carbons (Fsp3) is 0.385. The number of rotatable bonds is 7. The van der Waals surface area contributed by atoms with E-state index in [1.54, 1.807) is 0 Å². The molecule has 0 spiro atoms. The average molecular weight is 267 g/mol. The van der Waals surface area contributed by atoms with Crippen LogP contribution in [0.25, 0.3) is 0 Å². The largest absolute Gasteiger partial charge is 0.493 e. The van der Waals surface area contributed by atoms with Crippen LogP contribution in [-0.4, -0.2) is 39.6 Å². The molecule has 0 atom stereocenters. The smallest absolute Gasteiger partial charge is 0.257 e. The summed E-state index contributed by atoms with van der Waals surface area (Å²) < 4.78 is 15.6. The number of ether oxygens (including phenoxy) is 3. The number of hydrogen-bond acceptors (Lipinski definition) is 5. The SMILES string of the molecule is CCNC(=O)COc1c(OC)cc(C=O)cc1OC. The van der Waals surface area contributed by atoms with Crippen molar-refractivity contribution in [3.63, 3.8) is 0 Å². The molecule has 1 amide bonds. The fourth-order valence-electron chi connectivity index (χ4n) is 1.50. The molecule has 1 aromatic rings. The van der Waals surface area contributed by atoms with Crippen LogP contribution >= 0.6 is 0 Å². The minimum Gasteiger partial charge on any atom is -0.493 e. The van der Waals surface area contributed by atoms with E-state index in [9.17, 15) is 9.59 Å². The lowest BCUT2D eigenvalue weighted by molar-refractivity contribution is -0.123. The van der Waals surface area contributed by atoms with Crippen molar-refractivity contribution in [3.8, 4) is 17.2 Å². The third kappa shape index (κ3) is 3.87. The first-order valence-corrected chi connectivity index (χ1v) is 5.76. The minimum atomic E-state index is -0.244. The third-order valence-corrected chi connectivity index (χ3v) is 2.34. The number of amides is 1. The highest BCUT2D eigenvalue weighted by molar-refractivity contribution is 5.79. The highest BCUT2D eigenvalue weighted by atomic mass is 16.5. The van der Waals surface area contributed by atoms with Crippen molar-refractivity contribution in [2.24, 2.45) is 0 Å². The van der Waals surface area contributed by atoms with Crippen molar-refractivity contribution in [2.75, 3.05) is 27.4 Å². The van der Waals surface area contributed by atoms with Crippen LogP contribution in [0.5, 0.6) is 17.2 Å². The Hall–Kier alpha value is -2.24. The predicted molar refractivity (Wildman–Crippen MR) is 69.1 cm³/mol. The number of carbonyl (C=O) groups is 2. The minimum absolute atomic E-state index is 0.152. The molecule has 0 bridgehead atoms. The zero-order chi connectivity index (χ0) is 14.3. The molecule has 0 radical (unpaired) electrons. The Morgan fingerprint density at radius 2 is 1.84 bits per heavy atom. The van der Waals surface area contributed by atoms with E-state index in [0.717, 1.165) is 0 Å². The van der Waals surface area contributed by atoms with E-state index >= 15 is 0 Å². The molecule has 6 nitrogen and oxygen atoms in total. The molecule has 1 rings (SSSR count). The summed E-state index contributed by atoms with van der Waals surface area (Å²) in [4.78, 5) is 22.2. The molecule has 0 fully saturated rings. The lowest BCUT2D eigenvalue weighted by Crippen LogP contribution is -2.28. The van der Waals surface area contributed by atoms with Gasteiger partial charge in [0.05, 0.1) is 14.2 Å². The van der Waals surface area contributed by atoms with Crippen LogP contribution in [0.4, 0.5) is 0 Å². The summed E-state index contributed by atoms with van der Waals surface area (Å²) in [7, 11) is 2.89. The quantitative estimate of drug-likeness (QED) is 0.747. The molecule has 1 aromatic carbocycles. The van der Waals surface area contributed by atoms with Crippen molar-refractivity contribution in [1.29, 1.82) is 0 Å². The Morgan fingerprint density at radius 3 is 2.26 bits per heavy atom. The fourth-order valence-corrected chi connectivity index (χ4v) is 1.50. The zero-order valence-electron chi connectivity index (χ0n) is 11.2. The van der Waals surface area contributed by atoms with Crippen LogP contribution in [0.2, 0.25) is 0 Å². The molecule has 0 unspecified atom stereocenters. The number of benzene rings is 1. The third-order valence-electron chi connectivity index (χ3n) is 2.34. The summed E-state index contributed by atoms with van der Waals surface area (Å²) in [6, 6.07) is 3.03. The molecule has 0 saturated heterocycles. The first-order valence-electron chi connectivity index (χ1n) is 5.76. The second-order valence-corrected chi connectivity index (χ2v) is 3.61. The number of aldehydes is 1. The Kier molecular flexibility index (Phi) is 5.66. The summed E-state index contributed by atoms with van der Waals surface area (Å²) in [5.74, 6) is 0.726. The van der Waals surface area contributed by atoms with Gasteiger partial charge in [-0.15, -0.1) is 0 Å². The number of likely N-dealkylation sites (N-methyl/N-ethyl adjacent to an activating group) is 1. The molecule has 0 aliphatic rings. The van der Waals surface area contributed by atoms with Crippen molar-refractivity contribution in [1.82, 2.24) is 5.32 Å². The van der Waals surface area contributed by atoms with E-state index in [0.29, 0.717) is 35.6 Å². The van der Waals surface area contributed by atoms with Gasteiger partial charge in [-0.3, -0.25) is 9.59 Å². The van der Waals surface area contributed by atoms with Crippen LogP contribution in [-0.2, 0) is 4.79 Å². The number of methoxy groups -OCH3 is 2. The standard InChI is InChI=1S/C13H17NO5/c1-4-14-12(16)8-19-13-10(17-2)5-9(7-15)6-11(13)18-3/h5-7H,4,8H2,1-3H3,(H,14,16). The van der Waals surface area contributed by atoms with Gasteiger partial charge in [0.1, 0.15) is 6.29 Å². The van der Waals surface area contributed by atoms with E-state index in [-0.39, 0.29) is 12.5 Å². The van der Waals surface area contributed by atoms with Crippen molar-refractivity contribution >= 4 is 12.2 Å². The maximum Gasteiger partial charge on any atom is 0.257 e. The highest BCUT2D eigenvalue weighted by Gasteiger charge is 2.15. The molecule has 0 aliphatic carbocycles. The number of nitrogens with one attached hydrogen (secondary N) is 1. The zero-order valence-corrected chi connectivity index (χ0v) is 11.2. The van der Waals surface area contributed by atoms with E-state index in [4.69, 9.17) is 14.2 Å². The Labute approximate surface area is 111 Å². The van der Waals surface area contributed by atoms with Crippen molar-refractivity contribution in [3.05, 3.63) is 17.7 Å². The van der Waals surface area contributed by atoms with Crippen LogP contribution in [0, 0.1) is 0 Å². The van der Waals surface area contributed by atoms with Crippen LogP contribution in [0.1, 0.15) is 17.3 Å². The molecule has 6 heteroatoms. The lowest BCUT2D eigenvalue weighted by atomic mass is 10.2. The molecule has 19 heavy (non-hydrogen) atoms. The molecule has 0 heterocycles. The van der Waals surface area contributed by atoms with Gasteiger partial charge in [0.15, 0.2) is 18.1 Å². The highest BCUT2D eigenvalue weighted by Crippen LogP contribution is 2.38. The maximum atomic E-state index is 11.4. The molecule has 1 N–H and O–H groups in total. The van der Waals surface area contributed by atoms with E-state index in [2.05, 4.69) is 5.32 Å². The summed E-state index contributed by atoms with van der Waals surface area (Å²) in [6.07, 6.45) is 0.679. The van der Waals surface area contributed by atoms with Gasteiger partial charge in [-0.05, 0) is 19.1 Å². The number of hydrogen-bond donors (Lipinski definition) is 1. The second-order valence-electron chi connectivity index (χ2n) is 3.61. The van der Waals surface area contributed by atoms with E-state index in [1.165, 1.54) is 26.4 Å². The Balaban J connectivity index is 2.97. The molecular formula is C13H17NO5. The topological polar surface area (TPSA) is 73.9 Å². The van der Waals surface area contributed by atoms with E-state index in [1.807, 2.05) is 6.92 Å². The van der Waals surface area contributed by atoms with Gasteiger partial charge < -0.3 is 19.5 Å². The summed E-state index contributed by atoms with van der Waals surface area (Å²) >= 11 is 0. The average Bonchev–Trinajstić information content (AvgIpc) is 2.44. The molecule has 0 aliphatic heterocycles. The van der Waals surface area contributed by atoms with Gasteiger partial charge in [-0.1, -0.05) is 0 Å². The summed E-state index contributed by atoms with van der Waals surface area (Å²) in [6.45, 7) is 2.19. The molecule has 0 aromatic heterocycles. The van der Waals surface area contributed by atoms with Gasteiger partial charge in [-0.25, -0.2) is 0 Å². The maximum absolute atomic E-state index is 11.4. The van der Waals surface area contributed by atoms with Gasteiger partial charge in [0, 0.05) is 12.1 Å².